The highest BCUT2D eigenvalue weighted by Crippen LogP contribution is 2.03. The molecule has 0 aromatic carbocycles. The smallest absolute Gasteiger partial charge is 0.133 e. The van der Waals surface area contributed by atoms with Gasteiger partial charge in [0.05, 0.1) is 18.4 Å². The standard InChI is InChI=1S/C10H15N5O/c1-3-11-5-10-7-15(14-12-10)6-9-4-8(2)16-13-9/h4,7,11H,3,5-6H2,1-2H3. The maximum Gasteiger partial charge on any atom is 0.133 e. The number of hydrogen-bond acceptors (Lipinski definition) is 5. The monoisotopic (exact) mass is 221 g/mol. The third kappa shape index (κ3) is 2.66. The van der Waals surface area contributed by atoms with Crippen LogP contribution in [0.15, 0.2) is 16.8 Å². The van der Waals surface area contributed by atoms with Crippen molar-refractivity contribution in [1.29, 1.82) is 0 Å². The van der Waals surface area contributed by atoms with Gasteiger partial charge in [0.25, 0.3) is 0 Å². The van der Waals surface area contributed by atoms with Crippen LogP contribution in [0, 0.1) is 6.92 Å². The van der Waals surface area contributed by atoms with Crippen molar-refractivity contribution in [2.45, 2.75) is 26.9 Å². The molecule has 6 heteroatoms. The molecule has 2 heterocycles. The van der Waals surface area contributed by atoms with Gasteiger partial charge in [0.15, 0.2) is 0 Å². The zero-order valence-electron chi connectivity index (χ0n) is 9.47. The first-order valence-corrected chi connectivity index (χ1v) is 5.30. The number of hydrogen-bond donors (Lipinski definition) is 1. The highest BCUT2D eigenvalue weighted by Gasteiger charge is 2.04. The molecule has 0 bridgehead atoms. The van der Waals surface area contributed by atoms with E-state index in [1.165, 1.54) is 0 Å². The minimum atomic E-state index is 0.594. The van der Waals surface area contributed by atoms with Crippen LogP contribution >= 0.6 is 0 Å². The third-order valence-corrected chi connectivity index (χ3v) is 2.14. The van der Waals surface area contributed by atoms with Gasteiger partial charge in [0.1, 0.15) is 11.5 Å². The molecule has 2 aromatic heterocycles. The van der Waals surface area contributed by atoms with E-state index in [1.54, 1.807) is 4.68 Å². The molecule has 16 heavy (non-hydrogen) atoms. The summed E-state index contributed by atoms with van der Waals surface area (Å²) in [6.07, 6.45) is 1.91. The summed E-state index contributed by atoms with van der Waals surface area (Å²) in [6.45, 7) is 6.19. The molecule has 2 aromatic rings. The Morgan fingerprint density at radius 3 is 3.00 bits per heavy atom. The molecule has 2 rings (SSSR count). The van der Waals surface area contributed by atoms with Crippen LogP contribution in [0.3, 0.4) is 0 Å². The van der Waals surface area contributed by atoms with E-state index < -0.39 is 0 Å². The van der Waals surface area contributed by atoms with Gasteiger partial charge in [0.2, 0.25) is 0 Å². The summed E-state index contributed by atoms with van der Waals surface area (Å²) in [7, 11) is 0. The number of rotatable bonds is 5. The Bertz CT molecular complexity index is 448. The van der Waals surface area contributed by atoms with Crippen LogP contribution in [0.2, 0.25) is 0 Å². The summed E-state index contributed by atoms with van der Waals surface area (Å²) in [5, 5.41) is 15.2. The summed E-state index contributed by atoms with van der Waals surface area (Å²) >= 11 is 0. The van der Waals surface area contributed by atoms with E-state index in [1.807, 2.05) is 19.2 Å². The van der Waals surface area contributed by atoms with Crippen LogP contribution in [0.5, 0.6) is 0 Å². The number of aryl methyl sites for hydroxylation is 1. The first-order valence-electron chi connectivity index (χ1n) is 5.30. The van der Waals surface area contributed by atoms with Crippen molar-refractivity contribution >= 4 is 0 Å². The van der Waals surface area contributed by atoms with Gasteiger partial charge >= 0.3 is 0 Å². The molecule has 0 unspecified atom stereocenters. The van der Waals surface area contributed by atoms with Gasteiger partial charge < -0.3 is 9.84 Å². The van der Waals surface area contributed by atoms with Crippen LogP contribution in [0.25, 0.3) is 0 Å². The van der Waals surface area contributed by atoms with Gasteiger partial charge in [-0.3, -0.25) is 0 Å². The second-order valence-electron chi connectivity index (χ2n) is 3.62. The summed E-state index contributed by atoms with van der Waals surface area (Å²) in [6, 6.07) is 1.89. The normalized spacial score (nSPS) is 10.9. The Morgan fingerprint density at radius 2 is 2.31 bits per heavy atom. The molecule has 0 aliphatic rings. The predicted molar refractivity (Wildman–Crippen MR) is 57.7 cm³/mol. The minimum Gasteiger partial charge on any atom is -0.361 e. The van der Waals surface area contributed by atoms with E-state index in [0.29, 0.717) is 6.54 Å². The molecule has 1 N–H and O–H groups in total. The second-order valence-corrected chi connectivity index (χ2v) is 3.62. The number of aromatic nitrogens is 4. The van der Waals surface area contributed by atoms with Crippen molar-refractivity contribution < 1.29 is 4.52 Å². The molecule has 6 nitrogen and oxygen atoms in total. The Morgan fingerprint density at radius 1 is 1.44 bits per heavy atom. The van der Waals surface area contributed by atoms with E-state index in [2.05, 4.69) is 27.7 Å². The second kappa shape index (κ2) is 4.89. The van der Waals surface area contributed by atoms with Gasteiger partial charge in [-0.2, -0.15) is 0 Å². The van der Waals surface area contributed by atoms with Gasteiger partial charge in [-0.15, -0.1) is 5.10 Å². The lowest BCUT2D eigenvalue weighted by Crippen LogP contribution is -2.11. The highest BCUT2D eigenvalue weighted by atomic mass is 16.5. The molecule has 0 aliphatic heterocycles. The largest absolute Gasteiger partial charge is 0.361 e. The molecule has 86 valence electrons. The zero-order valence-corrected chi connectivity index (χ0v) is 9.47. The van der Waals surface area contributed by atoms with Gasteiger partial charge in [-0.25, -0.2) is 4.68 Å². The Hall–Kier alpha value is -1.69. The van der Waals surface area contributed by atoms with Crippen molar-refractivity contribution in [2.24, 2.45) is 0 Å². The molecule has 0 radical (unpaired) electrons. The van der Waals surface area contributed by atoms with Crippen molar-refractivity contribution in [3.8, 4) is 0 Å². The lowest BCUT2D eigenvalue weighted by molar-refractivity contribution is 0.387. The molecule has 0 amide bonds. The summed E-state index contributed by atoms with van der Waals surface area (Å²) in [4.78, 5) is 0. The Kier molecular flexibility index (Phi) is 3.31. The third-order valence-electron chi connectivity index (χ3n) is 2.14. The summed E-state index contributed by atoms with van der Waals surface area (Å²) in [5.74, 6) is 0.808. The van der Waals surface area contributed by atoms with E-state index in [-0.39, 0.29) is 0 Å². The van der Waals surface area contributed by atoms with Crippen LogP contribution in [0.1, 0.15) is 24.1 Å². The van der Waals surface area contributed by atoms with Crippen molar-refractivity contribution in [2.75, 3.05) is 6.54 Å². The van der Waals surface area contributed by atoms with Crippen molar-refractivity contribution in [3.05, 3.63) is 29.4 Å². The number of nitrogens with zero attached hydrogens (tertiary/aromatic N) is 4. The first kappa shape index (κ1) is 10.8. The quantitative estimate of drug-likeness (QED) is 0.806. The fraction of sp³-hybridized carbons (Fsp3) is 0.500. The summed E-state index contributed by atoms with van der Waals surface area (Å²) in [5.41, 5.74) is 1.79. The molecule has 0 spiro atoms. The lowest BCUT2D eigenvalue weighted by Gasteiger charge is -1.95. The minimum absolute atomic E-state index is 0.594. The molecule has 0 saturated heterocycles. The SMILES string of the molecule is CCNCc1cn(Cc2cc(C)on2)nn1. The Balaban J connectivity index is 1.97. The van der Waals surface area contributed by atoms with Gasteiger partial charge in [-0.05, 0) is 13.5 Å². The maximum atomic E-state index is 4.98. The zero-order chi connectivity index (χ0) is 11.4. The van der Waals surface area contributed by atoms with E-state index in [4.69, 9.17) is 4.52 Å². The van der Waals surface area contributed by atoms with Crippen molar-refractivity contribution in [1.82, 2.24) is 25.5 Å². The topological polar surface area (TPSA) is 68.8 Å². The predicted octanol–water partition coefficient (Wildman–Crippen LogP) is 0.732. The first-order chi connectivity index (χ1) is 7.78. The molecular weight excluding hydrogens is 206 g/mol. The highest BCUT2D eigenvalue weighted by molar-refractivity contribution is 5.04. The molecule has 0 atom stereocenters. The fourth-order valence-corrected chi connectivity index (χ4v) is 1.41. The Labute approximate surface area is 93.6 Å². The van der Waals surface area contributed by atoms with Crippen LogP contribution in [-0.2, 0) is 13.1 Å². The van der Waals surface area contributed by atoms with Crippen LogP contribution in [0.4, 0.5) is 0 Å². The van der Waals surface area contributed by atoms with Crippen molar-refractivity contribution in [3.63, 3.8) is 0 Å². The van der Waals surface area contributed by atoms with Gasteiger partial charge in [-0.1, -0.05) is 17.3 Å². The summed E-state index contributed by atoms with van der Waals surface area (Å²) < 4.78 is 6.74. The fourth-order valence-electron chi connectivity index (χ4n) is 1.41. The van der Waals surface area contributed by atoms with E-state index >= 15 is 0 Å². The van der Waals surface area contributed by atoms with Gasteiger partial charge in [0, 0.05) is 12.6 Å². The molecule has 0 saturated carbocycles. The lowest BCUT2D eigenvalue weighted by atomic mass is 10.4. The number of nitrogens with one attached hydrogen (secondary N) is 1. The maximum absolute atomic E-state index is 4.98. The average molecular weight is 221 g/mol. The van der Waals surface area contributed by atoms with E-state index in [9.17, 15) is 0 Å². The average Bonchev–Trinajstić information content (AvgIpc) is 2.86. The molecule has 0 aliphatic carbocycles. The molecule has 0 fully saturated rings. The van der Waals surface area contributed by atoms with Crippen LogP contribution < -0.4 is 5.32 Å². The molecular formula is C10H15N5O. The van der Waals surface area contributed by atoms with E-state index in [0.717, 1.165) is 30.2 Å². The van der Waals surface area contributed by atoms with Crippen LogP contribution in [-0.4, -0.2) is 26.7 Å².